The molecule has 2 heterocycles. The molecule has 2 aromatic carbocycles. The van der Waals surface area contributed by atoms with E-state index in [4.69, 9.17) is 9.47 Å². The molecule has 1 saturated heterocycles. The number of methoxy groups -OCH3 is 1. The van der Waals surface area contributed by atoms with E-state index in [-0.39, 0.29) is 18.4 Å². The first-order chi connectivity index (χ1) is 12.7. The van der Waals surface area contributed by atoms with Crippen molar-refractivity contribution in [1.29, 1.82) is 0 Å². The van der Waals surface area contributed by atoms with Gasteiger partial charge in [0.15, 0.2) is 6.61 Å². The monoisotopic (exact) mass is 349 g/mol. The average molecular weight is 349 g/mol. The van der Waals surface area contributed by atoms with E-state index in [1.807, 2.05) is 30.5 Å². The third kappa shape index (κ3) is 3.31. The maximum Gasteiger partial charge on any atom is 0.260 e. The van der Waals surface area contributed by atoms with E-state index in [1.54, 1.807) is 36.3 Å². The van der Waals surface area contributed by atoms with Gasteiger partial charge in [-0.25, -0.2) is 4.98 Å². The van der Waals surface area contributed by atoms with Gasteiger partial charge < -0.3 is 14.4 Å². The van der Waals surface area contributed by atoms with Crippen LogP contribution in [0.3, 0.4) is 0 Å². The van der Waals surface area contributed by atoms with Crippen LogP contribution in [0.2, 0.25) is 0 Å². The number of hydrogen-bond donors (Lipinski definition) is 0. The summed E-state index contributed by atoms with van der Waals surface area (Å²) < 4.78 is 10.6. The molecule has 6 heteroatoms. The van der Waals surface area contributed by atoms with Crippen molar-refractivity contribution in [2.75, 3.05) is 26.8 Å². The number of aromatic nitrogens is 2. The van der Waals surface area contributed by atoms with E-state index in [9.17, 15) is 4.79 Å². The van der Waals surface area contributed by atoms with E-state index >= 15 is 0 Å². The Hall–Kier alpha value is -3.15. The van der Waals surface area contributed by atoms with Crippen molar-refractivity contribution < 1.29 is 14.3 Å². The largest absolute Gasteiger partial charge is 0.497 e. The van der Waals surface area contributed by atoms with Gasteiger partial charge in [0.1, 0.15) is 11.5 Å². The summed E-state index contributed by atoms with van der Waals surface area (Å²) in [5.41, 5.74) is 2.71. The second-order valence-electron chi connectivity index (χ2n) is 6.24. The summed E-state index contributed by atoms with van der Waals surface area (Å²) in [6, 6.07) is 15.0. The van der Waals surface area contributed by atoms with Gasteiger partial charge in [0.05, 0.1) is 23.8 Å². The average Bonchev–Trinajstić information content (AvgIpc) is 2.65. The second-order valence-corrected chi connectivity index (χ2v) is 6.24. The molecule has 26 heavy (non-hydrogen) atoms. The number of benzene rings is 2. The van der Waals surface area contributed by atoms with Gasteiger partial charge in [-0.1, -0.05) is 12.1 Å². The van der Waals surface area contributed by atoms with Gasteiger partial charge in [0, 0.05) is 25.2 Å². The molecular formula is C20H19N3O3. The van der Waals surface area contributed by atoms with Crippen LogP contribution in [-0.4, -0.2) is 47.6 Å². The topological polar surface area (TPSA) is 64.6 Å². The lowest BCUT2D eigenvalue weighted by Crippen LogP contribution is -2.50. The molecule has 0 atom stereocenters. The van der Waals surface area contributed by atoms with Gasteiger partial charge in [-0.3, -0.25) is 9.78 Å². The zero-order chi connectivity index (χ0) is 17.9. The fraction of sp³-hybridized carbons (Fsp3) is 0.250. The van der Waals surface area contributed by atoms with Crippen molar-refractivity contribution >= 4 is 16.9 Å². The van der Waals surface area contributed by atoms with Crippen molar-refractivity contribution in [2.45, 2.75) is 5.92 Å². The number of fused-ring (bicyclic) bond motifs is 1. The van der Waals surface area contributed by atoms with Crippen LogP contribution in [-0.2, 0) is 4.79 Å². The summed E-state index contributed by atoms with van der Waals surface area (Å²) >= 11 is 0. The Kier molecular flexibility index (Phi) is 4.39. The minimum atomic E-state index is -0.0224. The lowest BCUT2D eigenvalue weighted by molar-refractivity contribution is -0.137. The number of amides is 1. The molecule has 0 N–H and O–H groups in total. The molecule has 1 aliphatic heterocycles. The molecule has 0 unspecified atom stereocenters. The van der Waals surface area contributed by atoms with Crippen LogP contribution in [0, 0.1) is 0 Å². The van der Waals surface area contributed by atoms with Gasteiger partial charge in [-0.05, 0) is 36.4 Å². The number of rotatable bonds is 5. The van der Waals surface area contributed by atoms with Crippen LogP contribution < -0.4 is 9.47 Å². The summed E-state index contributed by atoms with van der Waals surface area (Å²) in [5.74, 6) is 1.62. The highest BCUT2D eigenvalue weighted by Gasteiger charge is 2.33. The zero-order valence-electron chi connectivity index (χ0n) is 14.5. The molecular weight excluding hydrogens is 330 g/mol. The molecule has 6 nitrogen and oxygen atoms in total. The molecule has 132 valence electrons. The molecule has 0 spiro atoms. The Morgan fingerprint density at radius 3 is 2.50 bits per heavy atom. The standard InChI is InChI=1S/C20H19N3O3/c1-25-15-6-8-16(9-7-15)26-13-20(24)23-11-14(12-23)19-10-21-17-4-2-3-5-18(17)22-19/h2-10,14H,11-13H2,1H3. The Morgan fingerprint density at radius 1 is 1.08 bits per heavy atom. The highest BCUT2D eigenvalue weighted by Crippen LogP contribution is 2.26. The Morgan fingerprint density at radius 2 is 1.77 bits per heavy atom. The Labute approximate surface area is 151 Å². The number of carbonyl (C=O) groups is 1. The van der Waals surface area contributed by atoms with E-state index in [0.717, 1.165) is 22.5 Å². The maximum absolute atomic E-state index is 12.3. The number of nitrogens with zero attached hydrogens (tertiary/aromatic N) is 3. The minimum Gasteiger partial charge on any atom is -0.497 e. The van der Waals surface area contributed by atoms with Crippen LogP contribution in [0.15, 0.2) is 54.7 Å². The van der Waals surface area contributed by atoms with E-state index in [2.05, 4.69) is 9.97 Å². The minimum absolute atomic E-state index is 0.0224. The third-order valence-electron chi connectivity index (χ3n) is 4.54. The lowest BCUT2D eigenvalue weighted by atomic mass is 9.96. The van der Waals surface area contributed by atoms with Crippen LogP contribution >= 0.6 is 0 Å². The van der Waals surface area contributed by atoms with E-state index < -0.39 is 0 Å². The highest BCUT2D eigenvalue weighted by atomic mass is 16.5. The molecule has 0 radical (unpaired) electrons. The molecule has 1 fully saturated rings. The van der Waals surface area contributed by atoms with Gasteiger partial charge in [-0.15, -0.1) is 0 Å². The Bertz CT molecular complexity index is 921. The summed E-state index contributed by atoms with van der Waals surface area (Å²) in [5, 5.41) is 0. The smallest absolute Gasteiger partial charge is 0.260 e. The van der Waals surface area contributed by atoms with Crippen molar-refractivity contribution in [3.8, 4) is 11.5 Å². The van der Waals surface area contributed by atoms with Crippen molar-refractivity contribution in [1.82, 2.24) is 14.9 Å². The van der Waals surface area contributed by atoms with E-state index in [1.165, 1.54) is 0 Å². The summed E-state index contributed by atoms with van der Waals surface area (Å²) in [7, 11) is 1.61. The predicted octanol–water partition coefficient (Wildman–Crippen LogP) is 2.64. The SMILES string of the molecule is COc1ccc(OCC(=O)N2CC(c3cnc4ccccc4n3)C2)cc1. The number of ether oxygens (including phenoxy) is 2. The van der Waals surface area contributed by atoms with Gasteiger partial charge >= 0.3 is 0 Å². The zero-order valence-corrected chi connectivity index (χ0v) is 14.5. The third-order valence-corrected chi connectivity index (χ3v) is 4.54. The van der Waals surface area contributed by atoms with Crippen LogP contribution in [0.4, 0.5) is 0 Å². The van der Waals surface area contributed by atoms with Gasteiger partial charge in [0.25, 0.3) is 5.91 Å². The highest BCUT2D eigenvalue weighted by molar-refractivity contribution is 5.79. The fourth-order valence-electron chi connectivity index (χ4n) is 2.95. The Balaban J connectivity index is 1.31. The van der Waals surface area contributed by atoms with Gasteiger partial charge in [-0.2, -0.15) is 0 Å². The summed E-state index contributed by atoms with van der Waals surface area (Å²) in [6.07, 6.45) is 1.81. The van der Waals surface area contributed by atoms with Crippen LogP contribution in [0.25, 0.3) is 11.0 Å². The second kappa shape index (κ2) is 7.00. The van der Waals surface area contributed by atoms with Crippen LogP contribution in [0.5, 0.6) is 11.5 Å². The van der Waals surface area contributed by atoms with E-state index in [0.29, 0.717) is 18.8 Å². The molecule has 1 amide bonds. The fourth-order valence-corrected chi connectivity index (χ4v) is 2.95. The van der Waals surface area contributed by atoms with Crippen molar-refractivity contribution in [3.63, 3.8) is 0 Å². The van der Waals surface area contributed by atoms with Crippen molar-refractivity contribution in [3.05, 3.63) is 60.4 Å². The quantitative estimate of drug-likeness (QED) is 0.708. The predicted molar refractivity (Wildman–Crippen MR) is 97.3 cm³/mol. The molecule has 0 saturated carbocycles. The first kappa shape index (κ1) is 16.3. The molecule has 4 rings (SSSR count). The number of para-hydroxylation sites is 2. The molecule has 0 aliphatic carbocycles. The maximum atomic E-state index is 12.3. The molecule has 1 aromatic heterocycles. The van der Waals surface area contributed by atoms with Crippen molar-refractivity contribution in [2.24, 2.45) is 0 Å². The molecule has 1 aliphatic rings. The summed E-state index contributed by atoms with van der Waals surface area (Å²) in [4.78, 5) is 23.1. The number of likely N-dealkylation sites (tertiary alicyclic amines) is 1. The summed E-state index contributed by atoms with van der Waals surface area (Å²) in [6.45, 7) is 1.33. The first-order valence-corrected chi connectivity index (χ1v) is 8.49. The normalized spacial score (nSPS) is 14.1. The first-order valence-electron chi connectivity index (χ1n) is 8.49. The van der Waals surface area contributed by atoms with Gasteiger partial charge in [0.2, 0.25) is 0 Å². The molecule has 0 bridgehead atoms. The number of hydrogen-bond acceptors (Lipinski definition) is 5. The molecule has 3 aromatic rings. The lowest BCUT2D eigenvalue weighted by Gasteiger charge is -2.38. The number of carbonyl (C=O) groups excluding carboxylic acids is 1. The van der Waals surface area contributed by atoms with Crippen LogP contribution in [0.1, 0.15) is 11.6 Å².